The molecule has 2 aromatic rings. The molecule has 0 bridgehead atoms. The molecule has 5 heteroatoms. The lowest BCUT2D eigenvalue weighted by molar-refractivity contribution is 0.220. The van der Waals surface area contributed by atoms with Crippen LogP contribution in [-0.4, -0.2) is 5.11 Å². The summed E-state index contributed by atoms with van der Waals surface area (Å²) in [6, 6.07) is 7.41. The van der Waals surface area contributed by atoms with Crippen molar-refractivity contribution in [2.75, 3.05) is 0 Å². The van der Waals surface area contributed by atoms with Crippen LogP contribution in [0.2, 0.25) is 5.02 Å². The van der Waals surface area contributed by atoms with E-state index in [1.807, 2.05) is 25.1 Å². The van der Waals surface area contributed by atoms with Crippen LogP contribution in [0.5, 0.6) is 0 Å². The number of rotatable bonds is 2. The van der Waals surface area contributed by atoms with Crippen molar-refractivity contribution < 1.29 is 5.11 Å². The summed E-state index contributed by atoms with van der Waals surface area (Å²) in [5, 5.41) is 10.9. The summed E-state index contributed by atoms with van der Waals surface area (Å²) in [5.41, 5.74) is 1.61. The molecule has 1 unspecified atom stereocenters. The Hall–Kier alpha value is 0.130. The SMILES string of the molecule is Cc1sc(Br)cc1C(O)c1cc(Br)ccc1Cl. The highest BCUT2D eigenvalue weighted by molar-refractivity contribution is 9.11. The highest BCUT2D eigenvalue weighted by Crippen LogP contribution is 2.36. The molecule has 0 aliphatic carbocycles. The standard InChI is InChI=1S/C12H9Br2ClOS/c1-6-8(5-11(14)17-6)12(16)9-4-7(13)2-3-10(9)15/h2-5,12,16H,1H3. The minimum Gasteiger partial charge on any atom is -0.384 e. The molecule has 17 heavy (non-hydrogen) atoms. The Balaban J connectivity index is 2.46. The average molecular weight is 397 g/mol. The van der Waals surface area contributed by atoms with E-state index in [9.17, 15) is 5.11 Å². The van der Waals surface area contributed by atoms with Crippen LogP contribution in [0.4, 0.5) is 0 Å². The number of benzene rings is 1. The van der Waals surface area contributed by atoms with Crippen LogP contribution >= 0.6 is 54.8 Å². The molecule has 1 heterocycles. The molecule has 0 fully saturated rings. The maximum Gasteiger partial charge on any atom is 0.107 e. The molecular weight excluding hydrogens is 387 g/mol. The first-order valence-corrected chi connectivity index (χ1v) is 7.66. The van der Waals surface area contributed by atoms with Crippen LogP contribution in [0, 0.1) is 6.92 Å². The zero-order valence-corrected chi connectivity index (χ0v) is 13.6. The van der Waals surface area contributed by atoms with Gasteiger partial charge in [0.1, 0.15) is 6.10 Å². The van der Waals surface area contributed by atoms with E-state index in [1.54, 1.807) is 17.4 Å². The highest BCUT2D eigenvalue weighted by Gasteiger charge is 2.18. The topological polar surface area (TPSA) is 20.2 Å². The zero-order valence-electron chi connectivity index (χ0n) is 8.88. The lowest BCUT2D eigenvalue weighted by atomic mass is 10.0. The maximum atomic E-state index is 10.4. The van der Waals surface area contributed by atoms with Crippen LogP contribution in [-0.2, 0) is 0 Å². The Bertz CT molecular complexity index is 553. The fourth-order valence-corrected chi connectivity index (χ4v) is 3.96. The van der Waals surface area contributed by atoms with Crippen molar-refractivity contribution in [3.63, 3.8) is 0 Å². The fourth-order valence-electron chi connectivity index (χ4n) is 1.62. The summed E-state index contributed by atoms with van der Waals surface area (Å²) in [7, 11) is 0. The number of thiophene rings is 1. The van der Waals surface area contributed by atoms with Crippen molar-refractivity contribution in [1.82, 2.24) is 0 Å². The maximum absolute atomic E-state index is 10.4. The van der Waals surface area contributed by atoms with E-state index in [4.69, 9.17) is 11.6 Å². The molecule has 0 aliphatic heterocycles. The van der Waals surface area contributed by atoms with Crippen LogP contribution in [0.25, 0.3) is 0 Å². The van der Waals surface area contributed by atoms with E-state index in [-0.39, 0.29) is 0 Å². The monoisotopic (exact) mass is 394 g/mol. The number of aryl methyl sites for hydroxylation is 1. The van der Waals surface area contributed by atoms with Crippen LogP contribution in [0.15, 0.2) is 32.5 Å². The zero-order chi connectivity index (χ0) is 12.6. The largest absolute Gasteiger partial charge is 0.384 e. The smallest absolute Gasteiger partial charge is 0.107 e. The Morgan fingerprint density at radius 2 is 1.94 bits per heavy atom. The first kappa shape index (κ1) is 13.6. The van der Waals surface area contributed by atoms with Gasteiger partial charge in [-0.2, -0.15) is 0 Å². The molecule has 0 aliphatic rings. The van der Waals surface area contributed by atoms with Gasteiger partial charge in [0.05, 0.1) is 3.79 Å². The van der Waals surface area contributed by atoms with Gasteiger partial charge in [0.2, 0.25) is 0 Å². The van der Waals surface area contributed by atoms with E-state index in [0.29, 0.717) is 5.02 Å². The molecule has 0 saturated heterocycles. The van der Waals surface area contributed by atoms with Crippen molar-refractivity contribution in [3.05, 3.63) is 53.6 Å². The second-order valence-electron chi connectivity index (χ2n) is 3.63. The number of hydrogen-bond acceptors (Lipinski definition) is 2. The van der Waals surface area contributed by atoms with Gasteiger partial charge in [0.25, 0.3) is 0 Å². The van der Waals surface area contributed by atoms with Crippen LogP contribution in [0.1, 0.15) is 22.1 Å². The van der Waals surface area contributed by atoms with Crippen LogP contribution < -0.4 is 0 Å². The molecule has 1 nitrogen and oxygen atoms in total. The van der Waals surface area contributed by atoms with E-state index in [0.717, 1.165) is 24.3 Å². The summed E-state index contributed by atoms with van der Waals surface area (Å²) in [5.74, 6) is 0. The Morgan fingerprint density at radius 3 is 2.53 bits per heavy atom. The van der Waals surface area contributed by atoms with Gasteiger partial charge in [0, 0.05) is 19.9 Å². The lowest BCUT2D eigenvalue weighted by Crippen LogP contribution is -2.00. The molecule has 1 N–H and O–H groups in total. The normalized spacial score (nSPS) is 12.8. The summed E-state index contributed by atoms with van der Waals surface area (Å²) in [6.45, 7) is 1.99. The van der Waals surface area contributed by atoms with Gasteiger partial charge in [-0.25, -0.2) is 0 Å². The Labute approximate surface area is 126 Å². The second-order valence-corrected chi connectivity index (χ2v) is 7.59. The summed E-state index contributed by atoms with van der Waals surface area (Å²) >= 11 is 14.5. The molecule has 90 valence electrons. The van der Waals surface area contributed by atoms with Crippen molar-refractivity contribution in [1.29, 1.82) is 0 Å². The minimum absolute atomic E-state index is 0.572. The first-order valence-electron chi connectivity index (χ1n) is 4.88. The quantitative estimate of drug-likeness (QED) is 0.729. The first-order chi connectivity index (χ1) is 7.99. The number of aliphatic hydroxyl groups is 1. The lowest BCUT2D eigenvalue weighted by Gasteiger charge is -2.13. The van der Waals surface area contributed by atoms with E-state index >= 15 is 0 Å². The average Bonchev–Trinajstić information content (AvgIpc) is 2.60. The van der Waals surface area contributed by atoms with Gasteiger partial charge in [-0.05, 0) is 52.7 Å². The third-order valence-corrected chi connectivity index (χ3v) is 4.88. The Kier molecular flexibility index (Phi) is 4.31. The minimum atomic E-state index is -0.692. The van der Waals surface area contributed by atoms with E-state index in [1.165, 1.54) is 0 Å². The van der Waals surface area contributed by atoms with Gasteiger partial charge in [-0.15, -0.1) is 11.3 Å². The summed E-state index contributed by atoms with van der Waals surface area (Å²) in [6.07, 6.45) is -0.692. The van der Waals surface area contributed by atoms with Crippen molar-refractivity contribution in [2.24, 2.45) is 0 Å². The molecule has 2 rings (SSSR count). The van der Waals surface area contributed by atoms with E-state index < -0.39 is 6.10 Å². The van der Waals surface area contributed by atoms with Crippen molar-refractivity contribution in [3.8, 4) is 0 Å². The molecule has 0 saturated carbocycles. The molecular formula is C12H9Br2ClOS. The van der Waals surface area contributed by atoms with Gasteiger partial charge in [-0.1, -0.05) is 27.5 Å². The summed E-state index contributed by atoms with van der Waals surface area (Å²) < 4.78 is 1.91. The Morgan fingerprint density at radius 1 is 1.24 bits per heavy atom. The molecule has 0 amide bonds. The number of aliphatic hydroxyl groups excluding tert-OH is 1. The predicted molar refractivity (Wildman–Crippen MR) is 80.0 cm³/mol. The molecule has 1 aromatic heterocycles. The number of halogens is 3. The second kappa shape index (κ2) is 5.41. The van der Waals surface area contributed by atoms with Gasteiger partial charge >= 0.3 is 0 Å². The number of hydrogen-bond donors (Lipinski definition) is 1. The van der Waals surface area contributed by atoms with Crippen molar-refractivity contribution >= 4 is 54.8 Å². The molecule has 0 spiro atoms. The third kappa shape index (κ3) is 2.93. The van der Waals surface area contributed by atoms with Gasteiger partial charge < -0.3 is 5.11 Å². The molecule has 1 aromatic carbocycles. The molecule has 1 atom stereocenters. The van der Waals surface area contributed by atoms with Crippen molar-refractivity contribution in [2.45, 2.75) is 13.0 Å². The van der Waals surface area contributed by atoms with Gasteiger partial charge in [0.15, 0.2) is 0 Å². The van der Waals surface area contributed by atoms with Crippen LogP contribution in [0.3, 0.4) is 0 Å². The predicted octanol–water partition coefficient (Wildman–Crippen LogP) is 5.32. The summed E-state index contributed by atoms with van der Waals surface area (Å²) in [4.78, 5) is 1.08. The molecule has 0 radical (unpaired) electrons. The fraction of sp³-hybridized carbons (Fsp3) is 0.167. The van der Waals surface area contributed by atoms with E-state index in [2.05, 4.69) is 31.9 Å². The third-order valence-electron chi connectivity index (χ3n) is 2.47. The highest BCUT2D eigenvalue weighted by atomic mass is 79.9. The van der Waals surface area contributed by atoms with Gasteiger partial charge in [-0.3, -0.25) is 0 Å².